The molecule has 96 valence electrons. The van der Waals surface area contributed by atoms with Crippen LogP contribution in [-0.4, -0.2) is 4.98 Å². The van der Waals surface area contributed by atoms with Gasteiger partial charge in [0.1, 0.15) is 5.82 Å². The molecule has 1 aromatic heterocycles. The third-order valence-corrected chi connectivity index (χ3v) is 4.18. The predicted molar refractivity (Wildman–Crippen MR) is 79.0 cm³/mol. The third-order valence-electron chi connectivity index (χ3n) is 2.73. The molecule has 0 saturated carbocycles. The molecule has 0 aliphatic carbocycles. The third kappa shape index (κ3) is 2.41. The second kappa shape index (κ2) is 4.79. The normalized spacial score (nSPS) is 10.9. The highest BCUT2D eigenvalue weighted by molar-refractivity contribution is 7.22. The van der Waals surface area contributed by atoms with Crippen LogP contribution in [0.3, 0.4) is 0 Å². The Morgan fingerprint density at radius 2 is 2.11 bits per heavy atom. The number of anilines is 2. The molecule has 0 saturated heterocycles. The first-order valence-electron chi connectivity index (χ1n) is 5.72. The van der Waals surface area contributed by atoms with E-state index in [0.717, 1.165) is 15.8 Å². The van der Waals surface area contributed by atoms with Gasteiger partial charge in [0.25, 0.3) is 0 Å². The van der Waals surface area contributed by atoms with E-state index in [9.17, 15) is 4.39 Å². The Morgan fingerprint density at radius 1 is 1.26 bits per heavy atom. The number of nitrogens with one attached hydrogen (secondary N) is 1. The van der Waals surface area contributed by atoms with Gasteiger partial charge in [-0.1, -0.05) is 35.1 Å². The van der Waals surface area contributed by atoms with Gasteiger partial charge in [0.05, 0.1) is 20.9 Å². The molecule has 0 unspecified atom stereocenters. The standard InChI is InChI=1S/C14H10ClFN2S/c1-8-5-6-11(10(16)7-8)17-14-18-12-4-2-3-9(15)13(12)19-14/h2-7H,1H3,(H,17,18). The molecular weight excluding hydrogens is 283 g/mol. The molecule has 0 spiro atoms. The van der Waals surface area contributed by atoms with Gasteiger partial charge >= 0.3 is 0 Å². The fourth-order valence-electron chi connectivity index (χ4n) is 1.81. The summed E-state index contributed by atoms with van der Waals surface area (Å²) in [5, 5.41) is 4.28. The van der Waals surface area contributed by atoms with Crippen molar-refractivity contribution in [2.45, 2.75) is 6.92 Å². The summed E-state index contributed by atoms with van der Waals surface area (Å²) < 4.78 is 14.7. The van der Waals surface area contributed by atoms with Crippen LogP contribution in [0.15, 0.2) is 36.4 Å². The average Bonchev–Trinajstić information content (AvgIpc) is 2.77. The minimum absolute atomic E-state index is 0.287. The molecule has 0 amide bonds. The first-order chi connectivity index (χ1) is 9.13. The summed E-state index contributed by atoms with van der Waals surface area (Å²) in [4.78, 5) is 4.39. The maximum Gasteiger partial charge on any atom is 0.188 e. The van der Waals surface area contributed by atoms with E-state index >= 15 is 0 Å². The fourth-order valence-corrected chi connectivity index (χ4v) is 2.97. The number of aryl methyl sites for hydroxylation is 1. The summed E-state index contributed by atoms with van der Waals surface area (Å²) in [5.74, 6) is -0.287. The SMILES string of the molecule is Cc1ccc(Nc2nc3cccc(Cl)c3s2)c(F)c1. The molecule has 0 atom stereocenters. The lowest BCUT2D eigenvalue weighted by Crippen LogP contribution is -1.93. The van der Waals surface area contributed by atoms with Crippen molar-refractivity contribution >= 4 is 44.0 Å². The van der Waals surface area contributed by atoms with Gasteiger partial charge in [0.15, 0.2) is 5.13 Å². The molecule has 0 bridgehead atoms. The van der Waals surface area contributed by atoms with Crippen LogP contribution in [0.4, 0.5) is 15.2 Å². The summed E-state index contributed by atoms with van der Waals surface area (Å²) >= 11 is 7.50. The quantitative estimate of drug-likeness (QED) is 0.707. The van der Waals surface area contributed by atoms with Crippen molar-refractivity contribution in [3.63, 3.8) is 0 Å². The van der Waals surface area contributed by atoms with Gasteiger partial charge < -0.3 is 5.32 Å². The van der Waals surface area contributed by atoms with Crippen LogP contribution in [0, 0.1) is 12.7 Å². The van der Waals surface area contributed by atoms with Crippen molar-refractivity contribution in [3.05, 3.63) is 52.8 Å². The van der Waals surface area contributed by atoms with E-state index in [0.29, 0.717) is 15.8 Å². The van der Waals surface area contributed by atoms with Crippen LogP contribution in [0.1, 0.15) is 5.56 Å². The highest BCUT2D eigenvalue weighted by atomic mass is 35.5. The molecule has 0 radical (unpaired) electrons. The van der Waals surface area contributed by atoms with Crippen molar-refractivity contribution < 1.29 is 4.39 Å². The minimum Gasteiger partial charge on any atom is -0.329 e. The Kier molecular flexibility index (Phi) is 3.12. The fraction of sp³-hybridized carbons (Fsp3) is 0.0714. The number of hydrogen-bond acceptors (Lipinski definition) is 3. The molecular formula is C14H10ClFN2S. The van der Waals surface area contributed by atoms with E-state index in [-0.39, 0.29) is 5.82 Å². The van der Waals surface area contributed by atoms with Gasteiger partial charge in [0, 0.05) is 0 Å². The van der Waals surface area contributed by atoms with E-state index in [4.69, 9.17) is 11.6 Å². The Morgan fingerprint density at radius 3 is 2.84 bits per heavy atom. The van der Waals surface area contributed by atoms with Crippen molar-refractivity contribution in [1.82, 2.24) is 4.98 Å². The van der Waals surface area contributed by atoms with Crippen LogP contribution in [0.5, 0.6) is 0 Å². The molecule has 0 aliphatic rings. The lowest BCUT2D eigenvalue weighted by Gasteiger charge is -2.04. The monoisotopic (exact) mass is 292 g/mol. The number of thiazole rings is 1. The average molecular weight is 293 g/mol. The Labute approximate surface area is 118 Å². The van der Waals surface area contributed by atoms with Crippen molar-refractivity contribution in [3.8, 4) is 0 Å². The number of halogens is 2. The van der Waals surface area contributed by atoms with Crippen LogP contribution >= 0.6 is 22.9 Å². The first-order valence-corrected chi connectivity index (χ1v) is 6.91. The van der Waals surface area contributed by atoms with Crippen LogP contribution in [-0.2, 0) is 0 Å². The molecule has 5 heteroatoms. The van der Waals surface area contributed by atoms with E-state index in [1.165, 1.54) is 17.4 Å². The highest BCUT2D eigenvalue weighted by Gasteiger charge is 2.09. The maximum atomic E-state index is 13.8. The lowest BCUT2D eigenvalue weighted by atomic mass is 10.2. The van der Waals surface area contributed by atoms with Gasteiger partial charge in [-0.2, -0.15) is 0 Å². The van der Waals surface area contributed by atoms with Crippen molar-refractivity contribution in [2.75, 3.05) is 5.32 Å². The van der Waals surface area contributed by atoms with E-state index in [2.05, 4.69) is 10.3 Å². The summed E-state index contributed by atoms with van der Waals surface area (Å²) in [5.41, 5.74) is 2.11. The topological polar surface area (TPSA) is 24.9 Å². The van der Waals surface area contributed by atoms with Crippen LogP contribution in [0.2, 0.25) is 5.02 Å². The highest BCUT2D eigenvalue weighted by Crippen LogP contribution is 2.33. The molecule has 3 aromatic rings. The Balaban J connectivity index is 1.99. The van der Waals surface area contributed by atoms with Crippen LogP contribution < -0.4 is 5.32 Å². The predicted octanol–water partition coefficient (Wildman–Crippen LogP) is 5.14. The van der Waals surface area contributed by atoms with Gasteiger partial charge in [-0.05, 0) is 36.8 Å². The molecule has 2 aromatic carbocycles. The van der Waals surface area contributed by atoms with Gasteiger partial charge in [-0.15, -0.1) is 0 Å². The molecule has 2 nitrogen and oxygen atoms in total. The minimum atomic E-state index is -0.287. The zero-order chi connectivity index (χ0) is 13.4. The molecule has 0 aliphatic heterocycles. The molecule has 1 heterocycles. The summed E-state index contributed by atoms with van der Waals surface area (Å²) in [6.45, 7) is 1.85. The molecule has 1 N–H and O–H groups in total. The zero-order valence-electron chi connectivity index (χ0n) is 10.1. The van der Waals surface area contributed by atoms with Gasteiger partial charge in [0.2, 0.25) is 0 Å². The Hall–Kier alpha value is -1.65. The Bertz CT molecular complexity index is 754. The number of hydrogen-bond donors (Lipinski definition) is 1. The summed E-state index contributed by atoms with van der Waals surface area (Å²) in [6.07, 6.45) is 0. The van der Waals surface area contributed by atoms with Crippen LogP contribution in [0.25, 0.3) is 10.2 Å². The molecule has 0 fully saturated rings. The molecule has 19 heavy (non-hydrogen) atoms. The maximum absolute atomic E-state index is 13.8. The summed E-state index contributed by atoms with van der Waals surface area (Å²) in [6, 6.07) is 10.6. The number of fused-ring (bicyclic) bond motifs is 1. The largest absolute Gasteiger partial charge is 0.329 e. The second-order valence-corrected chi connectivity index (χ2v) is 5.62. The zero-order valence-corrected chi connectivity index (χ0v) is 11.6. The number of benzene rings is 2. The van der Waals surface area contributed by atoms with E-state index < -0.39 is 0 Å². The van der Waals surface area contributed by atoms with Gasteiger partial charge in [-0.25, -0.2) is 9.37 Å². The van der Waals surface area contributed by atoms with Crippen molar-refractivity contribution in [1.29, 1.82) is 0 Å². The first kappa shape index (κ1) is 12.4. The van der Waals surface area contributed by atoms with E-state index in [1.54, 1.807) is 6.07 Å². The molecule has 3 rings (SSSR count). The van der Waals surface area contributed by atoms with E-state index in [1.807, 2.05) is 31.2 Å². The number of nitrogens with zero attached hydrogens (tertiary/aromatic N) is 1. The second-order valence-electron chi connectivity index (χ2n) is 4.22. The number of aromatic nitrogens is 1. The van der Waals surface area contributed by atoms with Crippen molar-refractivity contribution in [2.24, 2.45) is 0 Å². The summed E-state index contributed by atoms with van der Waals surface area (Å²) in [7, 11) is 0. The smallest absolute Gasteiger partial charge is 0.188 e. The van der Waals surface area contributed by atoms with Gasteiger partial charge in [-0.3, -0.25) is 0 Å². The lowest BCUT2D eigenvalue weighted by molar-refractivity contribution is 0.630. The number of rotatable bonds is 2.